The molecule has 0 bridgehead atoms. The molecule has 0 aliphatic carbocycles. The van der Waals surface area contributed by atoms with Crippen molar-refractivity contribution < 1.29 is 4.74 Å². The molecule has 1 aromatic rings. The molecule has 66 valence electrons. The predicted octanol–water partition coefficient (Wildman–Crippen LogP) is 2.17. The van der Waals surface area contributed by atoms with Crippen molar-refractivity contribution in [2.24, 2.45) is 0 Å². The van der Waals surface area contributed by atoms with Gasteiger partial charge >= 0.3 is 0 Å². The van der Waals surface area contributed by atoms with E-state index in [0.29, 0.717) is 16.1 Å². The van der Waals surface area contributed by atoms with Crippen LogP contribution in [0.4, 0.5) is 0 Å². The van der Waals surface area contributed by atoms with E-state index in [1.807, 2.05) is 13.2 Å². The first-order chi connectivity index (χ1) is 5.69. The van der Waals surface area contributed by atoms with Gasteiger partial charge in [-0.3, -0.25) is 0 Å². The van der Waals surface area contributed by atoms with Gasteiger partial charge < -0.3 is 4.74 Å². The maximum atomic E-state index is 5.82. The van der Waals surface area contributed by atoms with E-state index in [4.69, 9.17) is 16.3 Å². The first-order valence-electron chi connectivity index (χ1n) is 3.31. The predicted molar refractivity (Wildman–Crippen MR) is 50.1 cm³/mol. The Labute approximate surface area is 80.5 Å². The standard InChI is InChI=1S/C7H9ClN2OS/c1-4-5(11-2)6(8)10-7(9-4)12-3/h1-3H3. The van der Waals surface area contributed by atoms with E-state index < -0.39 is 0 Å². The molecule has 0 fully saturated rings. The third kappa shape index (κ3) is 1.81. The van der Waals surface area contributed by atoms with Gasteiger partial charge in [0.2, 0.25) is 0 Å². The van der Waals surface area contributed by atoms with Crippen LogP contribution < -0.4 is 4.74 Å². The van der Waals surface area contributed by atoms with Crippen LogP contribution in [-0.4, -0.2) is 23.3 Å². The number of ether oxygens (including phenoxy) is 1. The summed E-state index contributed by atoms with van der Waals surface area (Å²) < 4.78 is 5.01. The highest BCUT2D eigenvalue weighted by Crippen LogP contribution is 2.26. The first-order valence-corrected chi connectivity index (χ1v) is 4.91. The van der Waals surface area contributed by atoms with Gasteiger partial charge in [0.05, 0.1) is 12.8 Å². The number of aromatic nitrogens is 2. The number of aryl methyl sites for hydroxylation is 1. The zero-order valence-corrected chi connectivity index (χ0v) is 8.66. The molecule has 0 unspecified atom stereocenters. The maximum absolute atomic E-state index is 5.82. The third-order valence-electron chi connectivity index (χ3n) is 1.36. The van der Waals surface area contributed by atoms with E-state index in [1.165, 1.54) is 11.8 Å². The average Bonchev–Trinajstić information content (AvgIpc) is 2.03. The molecule has 3 nitrogen and oxygen atoms in total. The Balaban J connectivity index is 3.18. The van der Waals surface area contributed by atoms with Crippen molar-refractivity contribution in [3.8, 4) is 5.75 Å². The van der Waals surface area contributed by atoms with E-state index in [1.54, 1.807) is 7.11 Å². The van der Waals surface area contributed by atoms with Gasteiger partial charge in [-0.05, 0) is 13.2 Å². The van der Waals surface area contributed by atoms with Crippen molar-refractivity contribution in [2.75, 3.05) is 13.4 Å². The van der Waals surface area contributed by atoms with E-state index >= 15 is 0 Å². The number of halogens is 1. The van der Waals surface area contributed by atoms with Gasteiger partial charge in [-0.2, -0.15) is 0 Å². The Morgan fingerprint density at radius 1 is 1.42 bits per heavy atom. The summed E-state index contributed by atoms with van der Waals surface area (Å²) in [6.07, 6.45) is 1.90. The lowest BCUT2D eigenvalue weighted by Gasteiger charge is -2.05. The number of methoxy groups -OCH3 is 1. The molecule has 0 N–H and O–H groups in total. The Kier molecular flexibility index (Phi) is 3.17. The van der Waals surface area contributed by atoms with Gasteiger partial charge in [0.15, 0.2) is 16.1 Å². The minimum absolute atomic E-state index is 0.370. The zero-order valence-electron chi connectivity index (χ0n) is 7.09. The van der Waals surface area contributed by atoms with Crippen molar-refractivity contribution in [3.05, 3.63) is 10.8 Å². The summed E-state index contributed by atoms with van der Waals surface area (Å²) in [7, 11) is 1.55. The van der Waals surface area contributed by atoms with Crippen LogP contribution in [0.3, 0.4) is 0 Å². The zero-order chi connectivity index (χ0) is 9.14. The highest BCUT2D eigenvalue weighted by molar-refractivity contribution is 7.98. The smallest absolute Gasteiger partial charge is 0.189 e. The fraction of sp³-hybridized carbons (Fsp3) is 0.429. The molecule has 0 saturated carbocycles. The topological polar surface area (TPSA) is 35.0 Å². The van der Waals surface area contributed by atoms with Crippen LogP contribution >= 0.6 is 23.4 Å². The lowest BCUT2D eigenvalue weighted by molar-refractivity contribution is 0.405. The average molecular weight is 205 g/mol. The summed E-state index contributed by atoms with van der Waals surface area (Å²) in [6, 6.07) is 0. The van der Waals surface area contributed by atoms with Crippen LogP contribution in [0.25, 0.3) is 0 Å². The maximum Gasteiger partial charge on any atom is 0.189 e. The molecule has 1 heterocycles. The summed E-state index contributed by atoms with van der Waals surface area (Å²) in [6.45, 7) is 1.84. The second-order valence-electron chi connectivity index (χ2n) is 2.12. The van der Waals surface area contributed by atoms with Crippen molar-refractivity contribution in [3.63, 3.8) is 0 Å². The van der Waals surface area contributed by atoms with Crippen LogP contribution in [-0.2, 0) is 0 Å². The third-order valence-corrected chi connectivity index (χ3v) is 2.16. The summed E-state index contributed by atoms with van der Waals surface area (Å²) in [5.74, 6) is 0.550. The van der Waals surface area contributed by atoms with Crippen molar-refractivity contribution in [1.82, 2.24) is 9.97 Å². The highest BCUT2D eigenvalue weighted by atomic mass is 35.5. The second kappa shape index (κ2) is 3.96. The molecule has 0 atom stereocenters. The van der Waals surface area contributed by atoms with Gasteiger partial charge in [-0.15, -0.1) is 0 Å². The van der Waals surface area contributed by atoms with Gasteiger partial charge in [-0.1, -0.05) is 23.4 Å². The second-order valence-corrected chi connectivity index (χ2v) is 3.25. The number of rotatable bonds is 2. The van der Waals surface area contributed by atoms with Crippen LogP contribution in [0.2, 0.25) is 5.15 Å². The molecular formula is C7H9ClN2OS. The van der Waals surface area contributed by atoms with Crippen LogP contribution in [0.1, 0.15) is 5.69 Å². The monoisotopic (exact) mass is 204 g/mol. The van der Waals surface area contributed by atoms with Gasteiger partial charge in [-0.25, -0.2) is 9.97 Å². The number of nitrogens with zero attached hydrogens (tertiary/aromatic N) is 2. The molecule has 0 radical (unpaired) electrons. The molecule has 0 aliphatic rings. The molecule has 0 aliphatic heterocycles. The largest absolute Gasteiger partial charge is 0.492 e. The molecule has 12 heavy (non-hydrogen) atoms. The van der Waals surface area contributed by atoms with Crippen LogP contribution in [0.15, 0.2) is 5.16 Å². The van der Waals surface area contributed by atoms with Crippen LogP contribution in [0, 0.1) is 6.92 Å². The summed E-state index contributed by atoms with van der Waals surface area (Å²) in [4.78, 5) is 8.18. The van der Waals surface area contributed by atoms with E-state index in [9.17, 15) is 0 Å². The van der Waals surface area contributed by atoms with E-state index in [2.05, 4.69) is 9.97 Å². The molecular weight excluding hydrogens is 196 g/mol. The Morgan fingerprint density at radius 3 is 2.50 bits per heavy atom. The van der Waals surface area contributed by atoms with Crippen LogP contribution in [0.5, 0.6) is 5.75 Å². The molecule has 0 spiro atoms. The normalized spacial score (nSPS) is 10.0. The number of hydrogen-bond donors (Lipinski definition) is 0. The molecule has 1 rings (SSSR count). The molecule has 0 amide bonds. The lowest BCUT2D eigenvalue weighted by Crippen LogP contribution is -1.96. The molecule has 0 saturated heterocycles. The van der Waals surface area contributed by atoms with Gasteiger partial charge in [0, 0.05) is 0 Å². The number of thioether (sulfide) groups is 1. The van der Waals surface area contributed by atoms with Crippen molar-refractivity contribution in [2.45, 2.75) is 12.1 Å². The Morgan fingerprint density at radius 2 is 2.08 bits per heavy atom. The lowest BCUT2D eigenvalue weighted by atomic mass is 10.4. The summed E-state index contributed by atoms with van der Waals surface area (Å²) in [5.41, 5.74) is 0.766. The minimum atomic E-state index is 0.370. The minimum Gasteiger partial charge on any atom is -0.492 e. The van der Waals surface area contributed by atoms with Gasteiger partial charge in [0.25, 0.3) is 0 Å². The van der Waals surface area contributed by atoms with E-state index in [0.717, 1.165) is 5.69 Å². The SMILES string of the molecule is COc1c(C)nc(SC)nc1Cl. The summed E-state index contributed by atoms with van der Waals surface area (Å²) >= 11 is 7.28. The van der Waals surface area contributed by atoms with Crippen molar-refractivity contribution in [1.29, 1.82) is 0 Å². The summed E-state index contributed by atoms with van der Waals surface area (Å²) in [5, 5.41) is 1.03. The number of hydrogen-bond acceptors (Lipinski definition) is 4. The van der Waals surface area contributed by atoms with Gasteiger partial charge in [0.1, 0.15) is 0 Å². The molecule has 5 heteroatoms. The first kappa shape index (κ1) is 9.61. The van der Waals surface area contributed by atoms with E-state index in [-0.39, 0.29) is 0 Å². The molecule has 1 aromatic heterocycles. The van der Waals surface area contributed by atoms with Crippen molar-refractivity contribution >= 4 is 23.4 Å². The quantitative estimate of drug-likeness (QED) is 0.420. The molecule has 0 aromatic carbocycles. The Hall–Kier alpha value is -0.480. The fourth-order valence-electron chi connectivity index (χ4n) is 0.826. The highest BCUT2D eigenvalue weighted by Gasteiger charge is 2.08. The fourth-order valence-corrected chi connectivity index (χ4v) is 1.58. The Bertz CT molecular complexity index is 270.